The molecular formula is C4H7AgN2O2S. The van der Waals surface area contributed by atoms with Gasteiger partial charge in [-0.3, -0.25) is 0 Å². The van der Waals surface area contributed by atoms with Gasteiger partial charge in [-0.25, -0.2) is 4.79 Å². The number of carbonyl (C=O) groups is 1. The van der Waals surface area contributed by atoms with Crippen molar-refractivity contribution in [2.45, 2.75) is 0 Å². The minimum atomic E-state index is -0.981. The molecule has 0 radical (unpaired) electrons. The summed E-state index contributed by atoms with van der Waals surface area (Å²) in [6, 6.07) is 0. The quantitative estimate of drug-likeness (QED) is 0.197. The third kappa shape index (κ3) is 125. The Hall–Kier alpha value is -0.360. The average Bonchev–Trinajstić information content (AvgIpc) is 1.65. The zero-order chi connectivity index (χ0) is 7.86. The van der Waals surface area contributed by atoms with Gasteiger partial charge in [0, 0.05) is 6.08 Å². The Morgan fingerprint density at radius 3 is 1.90 bits per heavy atom. The summed E-state index contributed by atoms with van der Waals surface area (Å²) in [6.07, 6.45) is 0.833. The zero-order valence-electron chi connectivity index (χ0n) is 4.93. The predicted molar refractivity (Wildman–Crippen MR) is 37.1 cm³/mol. The van der Waals surface area contributed by atoms with E-state index in [2.05, 4.69) is 24.9 Å². The number of nitrogens with one attached hydrogen (secondary N) is 1. The van der Waals surface area contributed by atoms with Crippen molar-refractivity contribution in [3.63, 3.8) is 0 Å². The predicted octanol–water partition coefficient (Wildman–Crippen LogP) is -0.319. The first-order valence-electron chi connectivity index (χ1n) is 1.87. The molecule has 0 spiro atoms. The third-order valence-corrected chi connectivity index (χ3v) is 0.175. The fraction of sp³-hybridized carbons (Fsp3) is 0. The summed E-state index contributed by atoms with van der Waals surface area (Å²) in [7, 11) is 0. The van der Waals surface area contributed by atoms with Gasteiger partial charge in [0.25, 0.3) is 0 Å². The van der Waals surface area contributed by atoms with E-state index in [0.717, 1.165) is 6.08 Å². The van der Waals surface area contributed by atoms with Crippen LogP contribution in [-0.4, -0.2) is 16.2 Å². The molecule has 0 saturated heterocycles. The first-order valence-corrected chi connectivity index (χ1v) is 2.28. The molecule has 0 aliphatic carbocycles. The molecular weight excluding hydrogens is 248 g/mol. The van der Waals surface area contributed by atoms with Crippen molar-refractivity contribution >= 4 is 23.8 Å². The van der Waals surface area contributed by atoms with E-state index >= 15 is 0 Å². The van der Waals surface area contributed by atoms with Crippen molar-refractivity contribution in [3.05, 3.63) is 12.7 Å². The molecule has 10 heavy (non-hydrogen) atoms. The van der Waals surface area contributed by atoms with Crippen molar-refractivity contribution in [2.24, 2.45) is 5.73 Å². The maximum absolute atomic E-state index is 9.25. The molecule has 4 nitrogen and oxygen atoms in total. The maximum Gasteiger partial charge on any atom is 1.00 e. The van der Waals surface area contributed by atoms with Crippen LogP contribution in [0.25, 0.3) is 0 Å². The van der Waals surface area contributed by atoms with Crippen molar-refractivity contribution < 1.29 is 32.3 Å². The number of amidine groups is 1. The minimum Gasteiger partial charge on any atom is -0.744 e. The van der Waals surface area contributed by atoms with E-state index in [1.165, 1.54) is 0 Å². The van der Waals surface area contributed by atoms with Crippen molar-refractivity contribution in [2.75, 3.05) is 0 Å². The van der Waals surface area contributed by atoms with Gasteiger partial charge >= 0.3 is 28.3 Å². The topological polar surface area (TPSA) is 87.2 Å². The average molecular weight is 255 g/mol. The van der Waals surface area contributed by atoms with Crippen molar-refractivity contribution in [1.29, 1.82) is 5.41 Å². The van der Waals surface area contributed by atoms with E-state index in [0.29, 0.717) is 0 Å². The van der Waals surface area contributed by atoms with Crippen LogP contribution in [0.2, 0.25) is 0 Å². The number of hydrogen-bond acceptors (Lipinski definition) is 3. The Balaban J connectivity index is -0.0000000910. The molecule has 0 aliphatic heterocycles. The van der Waals surface area contributed by atoms with Crippen LogP contribution in [0, 0.1) is 5.41 Å². The second kappa shape index (κ2) is 11.4. The molecule has 0 rings (SSSR count). The van der Waals surface area contributed by atoms with Gasteiger partial charge in [-0.2, -0.15) is 0 Å². The van der Waals surface area contributed by atoms with Crippen LogP contribution < -0.4 is 5.73 Å². The van der Waals surface area contributed by atoms with E-state index < -0.39 is 5.97 Å². The first-order chi connectivity index (χ1) is 4.00. The molecule has 62 valence electrons. The monoisotopic (exact) mass is 254 g/mol. The Morgan fingerprint density at radius 2 is 1.90 bits per heavy atom. The molecule has 6 heteroatoms. The molecule has 0 saturated carbocycles. The van der Waals surface area contributed by atoms with Crippen LogP contribution in [0.4, 0.5) is 0 Å². The van der Waals surface area contributed by atoms with Gasteiger partial charge in [-0.15, -0.1) is 0 Å². The molecule has 0 bridgehead atoms. The largest absolute Gasteiger partial charge is 1.00 e. The van der Waals surface area contributed by atoms with Crippen LogP contribution in [0.15, 0.2) is 12.7 Å². The molecule has 0 amide bonds. The van der Waals surface area contributed by atoms with Crippen LogP contribution in [0.1, 0.15) is 0 Å². The number of hydrogen-bond donors (Lipinski definition) is 3. The number of carboxylic acid groups (broad SMARTS) is 1. The molecule has 0 fully saturated rings. The van der Waals surface area contributed by atoms with Gasteiger partial charge < -0.3 is 28.9 Å². The van der Waals surface area contributed by atoms with Gasteiger partial charge in [0.2, 0.25) is 0 Å². The number of rotatable bonds is 1. The van der Waals surface area contributed by atoms with E-state index in [4.69, 9.17) is 10.5 Å². The SMILES string of the molecule is C=CC(=O)O.N=C(N)[S-].[Ag+]. The van der Waals surface area contributed by atoms with Crippen LogP contribution in [0.3, 0.4) is 0 Å². The molecule has 0 aromatic carbocycles. The Labute approximate surface area is 79.9 Å². The summed E-state index contributed by atoms with van der Waals surface area (Å²) in [6.45, 7) is 2.96. The molecule has 0 heterocycles. The molecule has 4 N–H and O–H groups in total. The maximum atomic E-state index is 9.25. The summed E-state index contributed by atoms with van der Waals surface area (Å²) in [5.74, 6) is -0.981. The Morgan fingerprint density at radius 1 is 1.80 bits per heavy atom. The van der Waals surface area contributed by atoms with Gasteiger partial charge in [0.15, 0.2) is 0 Å². The van der Waals surface area contributed by atoms with E-state index in [1.54, 1.807) is 0 Å². The van der Waals surface area contributed by atoms with Gasteiger partial charge in [-0.1, -0.05) is 6.58 Å². The van der Waals surface area contributed by atoms with Crippen LogP contribution in [0.5, 0.6) is 0 Å². The number of carboxylic acids is 1. The zero-order valence-corrected chi connectivity index (χ0v) is 7.23. The smallest absolute Gasteiger partial charge is 0.744 e. The fourth-order valence-electron chi connectivity index (χ4n) is 0. The number of aliphatic carboxylic acids is 1. The summed E-state index contributed by atoms with van der Waals surface area (Å²) >= 11 is 3.98. The normalized spacial score (nSPS) is 5.60. The molecule has 0 atom stereocenters. The molecule has 0 aromatic rings. The van der Waals surface area contributed by atoms with Gasteiger partial charge in [0.05, 0.1) is 0 Å². The third-order valence-electron chi connectivity index (χ3n) is 0.175. The summed E-state index contributed by atoms with van der Waals surface area (Å²) in [5.41, 5.74) is 4.51. The second-order valence-electron chi connectivity index (χ2n) is 0.907. The van der Waals surface area contributed by atoms with Crippen molar-refractivity contribution in [3.8, 4) is 0 Å². The van der Waals surface area contributed by atoms with Gasteiger partial charge in [0.1, 0.15) is 0 Å². The standard InChI is InChI=1S/C3H4O2.CH4N2S.Ag/c1-2-3(4)5;2-1(3)4;/h2H,1H2,(H,4,5);(H4,2,3,4);/q;;+1/p-1. The summed E-state index contributed by atoms with van der Waals surface area (Å²) < 4.78 is 0. The van der Waals surface area contributed by atoms with E-state index in [9.17, 15) is 4.79 Å². The number of nitrogens with two attached hydrogens (primary N) is 1. The molecule has 0 aromatic heterocycles. The Bertz CT molecular complexity index is 124. The summed E-state index contributed by atoms with van der Waals surface area (Å²) in [5, 5.41) is 13.4. The fourth-order valence-corrected chi connectivity index (χ4v) is 0. The van der Waals surface area contributed by atoms with Crippen LogP contribution in [-0.2, 0) is 39.8 Å². The van der Waals surface area contributed by atoms with Crippen molar-refractivity contribution in [1.82, 2.24) is 0 Å². The summed E-state index contributed by atoms with van der Waals surface area (Å²) in [4.78, 5) is 9.25. The molecule has 0 aliphatic rings. The van der Waals surface area contributed by atoms with E-state index in [-0.39, 0.29) is 27.5 Å². The van der Waals surface area contributed by atoms with Crippen LogP contribution >= 0.6 is 0 Å². The first kappa shape index (κ1) is 16.3. The Kier molecular flexibility index (Phi) is 18.7. The minimum absolute atomic E-state index is 0. The second-order valence-corrected chi connectivity index (χ2v) is 1.35. The molecule has 0 unspecified atom stereocenters. The van der Waals surface area contributed by atoms with E-state index in [1.807, 2.05) is 0 Å². The van der Waals surface area contributed by atoms with Gasteiger partial charge in [-0.05, 0) is 5.17 Å².